The third-order valence-corrected chi connectivity index (χ3v) is 4.12. The number of anilines is 1. The molecule has 126 valence electrons. The number of nitro groups is 1. The van der Waals surface area contributed by atoms with Crippen LogP contribution in [0, 0.1) is 10.1 Å². The van der Waals surface area contributed by atoms with Crippen molar-refractivity contribution in [2.45, 2.75) is 6.54 Å². The molecule has 0 atom stereocenters. The summed E-state index contributed by atoms with van der Waals surface area (Å²) >= 11 is 12.1. The van der Waals surface area contributed by atoms with Gasteiger partial charge in [-0.3, -0.25) is 19.8 Å². The molecule has 8 heteroatoms. The van der Waals surface area contributed by atoms with Crippen LogP contribution >= 0.6 is 23.2 Å². The topological polar surface area (TPSA) is 75.5 Å². The van der Waals surface area contributed by atoms with Gasteiger partial charge in [0, 0.05) is 12.6 Å². The van der Waals surface area contributed by atoms with Gasteiger partial charge in [0.2, 0.25) is 5.91 Å². The summed E-state index contributed by atoms with van der Waals surface area (Å²) in [6.07, 6.45) is 0. The van der Waals surface area contributed by atoms with E-state index in [-0.39, 0.29) is 23.8 Å². The quantitative estimate of drug-likeness (QED) is 0.618. The summed E-state index contributed by atoms with van der Waals surface area (Å²) in [5.74, 6) is -0.357. The number of nitrogens with zero attached hydrogens (tertiary/aromatic N) is 2. The molecule has 0 saturated carbocycles. The summed E-state index contributed by atoms with van der Waals surface area (Å²) in [4.78, 5) is 24.3. The number of nitrogens with one attached hydrogen (secondary N) is 1. The van der Waals surface area contributed by atoms with E-state index >= 15 is 0 Å². The average molecular weight is 368 g/mol. The van der Waals surface area contributed by atoms with Crippen LogP contribution in [0.1, 0.15) is 5.56 Å². The Balaban J connectivity index is 2.00. The van der Waals surface area contributed by atoms with E-state index in [1.165, 1.54) is 12.1 Å². The molecule has 0 fully saturated rings. The summed E-state index contributed by atoms with van der Waals surface area (Å²) in [6.45, 7) is 0.471. The van der Waals surface area contributed by atoms with Gasteiger partial charge in [0.05, 0.1) is 21.5 Å². The van der Waals surface area contributed by atoms with Gasteiger partial charge in [0.25, 0.3) is 5.69 Å². The highest BCUT2D eigenvalue weighted by Crippen LogP contribution is 2.26. The summed E-state index contributed by atoms with van der Waals surface area (Å²) < 4.78 is 0. The number of carbonyl (C=O) groups is 1. The van der Waals surface area contributed by atoms with Crippen LogP contribution in [-0.2, 0) is 11.3 Å². The highest BCUT2D eigenvalue weighted by Gasteiger charge is 2.16. The third kappa shape index (κ3) is 4.67. The van der Waals surface area contributed by atoms with Crippen molar-refractivity contribution in [3.63, 3.8) is 0 Å². The Kier molecular flexibility index (Phi) is 6.14. The first kappa shape index (κ1) is 18.2. The predicted octanol–water partition coefficient (Wildman–Crippen LogP) is 3.97. The monoisotopic (exact) mass is 367 g/mol. The molecule has 0 aliphatic heterocycles. The van der Waals surface area contributed by atoms with E-state index in [2.05, 4.69) is 5.32 Å². The summed E-state index contributed by atoms with van der Waals surface area (Å²) in [5.41, 5.74) is 0.818. The van der Waals surface area contributed by atoms with Gasteiger partial charge in [-0.15, -0.1) is 0 Å². The summed E-state index contributed by atoms with van der Waals surface area (Å²) in [6, 6.07) is 11.3. The van der Waals surface area contributed by atoms with Crippen LogP contribution in [0.5, 0.6) is 0 Å². The van der Waals surface area contributed by atoms with Gasteiger partial charge in [-0.2, -0.15) is 0 Å². The van der Waals surface area contributed by atoms with Gasteiger partial charge in [0.15, 0.2) is 0 Å². The molecule has 6 nitrogen and oxygen atoms in total. The van der Waals surface area contributed by atoms with Gasteiger partial charge in [-0.1, -0.05) is 47.5 Å². The van der Waals surface area contributed by atoms with E-state index in [1.807, 2.05) is 6.07 Å². The molecule has 0 aliphatic rings. The van der Waals surface area contributed by atoms with Gasteiger partial charge in [-0.25, -0.2) is 0 Å². The Hall–Kier alpha value is -2.15. The first-order chi connectivity index (χ1) is 11.4. The average Bonchev–Trinajstić information content (AvgIpc) is 2.52. The number of likely N-dealkylation sites (N-methyl/N-ethyl adjacent to an activating group) is 1. The number of rotatable bonds is 6. The standard InChI is InChI=1S/C16H15Cl2N3O3/c1-20(9-11-5-4-6-12(17)16(11)18)10-15(22)19-13-7-2-3-8-14(13)21(23)24/h2-8H,9-10H2,1H3,(H,19,22). The van der Waals surface area contributed by atoms with E-state index in [1.54, 1.807) is 36.2 Å². The summed E-state index contributed by atoms with van der Waals surface area (Å²) in [7, 11) is 1.75. The fourth-order valence-electron chi connectivity index (χ4n) is 2.19. The zero-order valence-corrected chi connectivity index (χ0v) is 14.3. The normalized spacial score (nSPS) is 10.7. The van der Waals surface area contributed by atoms with Crippen molar-refractivity contribution >= 4 is 40.5 Å². The maximum absolute atomic E-state index is 12.1. The number of hydrogen-bond donors (Lipinski definition) is 1. The van der Waals surface area contributed by atoms with Crippen LogP contribution in [-0.4, -0.2) is 29.3 Å². The maximum atomic E-state index is 12.1. The Morgan fingerprint density at radius 2 is 1.92 bits per heavy atom. The number of para-hydroxylation sites is 2. The molecule has 0 bridgehead atoms. The second kappa shape index (κ2) is 8.10. The molecule has 0 heterocycles. The molecule has 24 heavy (non-hydrogen) atoms. The molecule has 0 spiro atoms. The smallest absolute Gasteiger partial charge is 0.292 e. The van der Waals surface area contributed by atoms with Crippen molar-refractivity contribution in [3.8, 4) is 0 Å². The van der Waals surface area contributed by atoms with E-state index in [0.717, 1.165) is 5.56 Å². The van der Waals surface area contributed by atoms with E-state index in [9.17, 15) is 14.9 Å². The van der Waals surface area contributed by atoms with Crippen LogP contribution < -0.4 is 5.32 Å². The molecule has 2 aromatic rings. The van der Waals surface area contributed by atoms with Crippen molar-refractivity contribution in [2.75, 3.05) is 18.9 Å². The Morgan fingerprint density at radius 3 is 2.62 bits per heavy atom. The molecule has 2 rings (SSSR count). The first-order valence-electron chi connectivity index (χ1n) is 7.03. The number of carbonyl (C=O) groups excluding carboxylic acids is 1. The lowest BCUT2D eigenvalue weighted by atomic mass is 10.2. The zero-order chi connectivity index (χ0) is 17.7. The third-order valence-electron chi connectivity index (χ3n) is 3.26. The van der Waals surface area contributed by atoms with Crippen LogP contribution in [0.4, 0.5) is 11.4 Å². The van der Waals surface area contributed by atoms with Gasteiger partial charge < -0.3 is 5.32 Å². The molecule has 0 aromatic heterocycles. The minimum Gasteiger partial charge on any atom is -0.319 e. The molecule has 0 aliphatic carbocycles. The number of hydrogen-bond acceptors (Lipinski definition) is 4. The minimum atomic E-state index is -0.537. The SMILES string of the molecule is CN(CC(=O)Nc1ccccc1[N+](=O)[O-])Cc1cccc(Cl)c1Cl. The highest BCUT2D eigenvalue weighted by atomic mass is 35.5. The minimum absolute atomic E-state index is 0.0505. The number of halogens is 2. The van der Waals surface area contributed by atoms with Crippen molar-refractivity contribution in [3.05, 3.63) is 68.2 Å². The predicted molar refractivity (Wildman–Crippen MR) is 94.5 cm³/mol. The van der Waals surface area contributed by atoms with Crippen molar-refractivity contribution in [2.24, 2.45) is 0 Å². The molecule has 0 radical (unpaired) electrons. The Labute approximate surface area is 149 Å². The molecule has 0 unspecified atom stereocenters. The summed E-state index contributed by atoms with van der Waals surface area (Å²) in [5, 5.41) is 14.4. The lowest BCUT2D eigenvalue weighted by Gasteiger charge is -2.17. The lowest BCUT2D eigenvalue weighted by molar-refractivity contribution is -0.383. The Bertz CT molecular complexity index is 768. The van der Waals surface area contributed by atoms with Crippen LogP contribution in [0.25, 0.3) is 0 Å². The van der Waals surface area contributed by atoms with Gasteiger partial charge >= 0.3 is 0 Å². The van der Waals surface area contributed by atoms with Crippen LogP contribution in [0.15, 0.2) is 42.5 Å². The molecular weight excluding hydrogens is 353 g/mol. The van der Waals surface area contributed by atoms with Crippen LogP contribution in [0.3, 0.4) is 0 Å². The number of nitro benzene ring substituents is 1. The largest absolute Gasteiger partial charge is 0.319 e. The zero-order valence-electron chi connectivity index (χ0n) is 12.8. The van der Waals surface area contributed by atoms with E-state index in [0.29, 0.717) is 16.6 Å². The fourth-order valence-corrected chi connectivity index (χ4v) is 2.57. The van der Waals surface area contributed by atoms with Crippen LogP contribution in [0.2, 0.25) is 10.0 Å². The fraction of sp³-hybridized carbons (Fsp3) is 0.188. The van der Waals surface area contributed by atoms with Gasteiger partial charge in [0.1, 0.15) is 5.69 Å². The van der Waals surface area contributed by atoms with Gasteiger partial charge in [-0.05, 0) is 24.7 Å². The molecular formula is C16H15Cl2N3O3. The lowest BCUT2D eigenvalue weighted by Crippen LogP contribution is -2.30. The maximum Gasteiger partial charge on any atom is 0.292 e. The number of amides is 1. The van der Waals surface area contributed by atoms with E-state index < -0.39 is 4.92 Å². The highest BCUT2D eigenvalue weighted by molar-refractivity contribution is 6.42. The van der Waals surface area contributed by atoms with Crippen molar-refractivity contribution < 1.29 is 9.72 Å². The molecule has 0 saturated heterocycles. The van der Waals surface area contributed by atoms with Crippen molar-refractivity contribution in [1.82, 2.24) is 4.90 Å². The molecule has 1 amide bonds. The number of benzene rings is 2. The molecule has 1 N–H and O–H groups in total. The van der Waals surface area contributed by atoms with Crippen molar-refractivity contribution in [1.29, 1.82) is 0 Å². The Morgan fingerprint density at radius 1 is 1.21 bits per heavy atom. The second-order valence-electron chi connectivity index (χ2n) is 5.21. The second-order valence-corrected chi connectivity index (χ2v) is 5.99. The van der Waals surface area contributed by atoms with E-state index in [4.69, 9.17) is 23.2 Å². The molecule has 2 aromatic carbocycles. The first-order valence-corrected chi connectivity index (χ1v) is 7.78.